The van der Waals surface area contributed by atoms with Gasteiger partial charge >= 0.3 is 0 Å². The van der Waals surface area contributed by atoms with Crippen molar-refractivity contribution in [2.75, 3.05) is 31.2 Å². The number of nitrogen functional groups attached to an aromatic ring is 1. The van der Waals surface area contributed by atoms with Crippen molar-refractivity contribution in [3.63, 3.8) is 0 Å². The van der Waals surface area contributed by atoms with Crippen LogP contribution in [0.4, 0.5) is 17.5 Å². The van der Waals surface area contributed by atoms with Crippen LogP contribution in [0.3, 0.4) is 0 Å². The van der Waals surface area contributed by atoms with E-state index >= 15 is 0 Å². The van der Waals surface area contributed by atoms with Crippen LogP contribution in [0, 0.1) is 0 Å². The summed E-state index contributed by atoms with van der Waals surface area (Å²) >= 11 is 0. The molecule has 3 N–H and O–H groups in total. The third kappa shape index (κ3) is 4.32. The van der Waals surface area contributed by atoms with Gasteiger partial charge in [-0.15, -0.1) is 0 Å². The van der Waals surface area contributed by atoms with Crippen LogP contribution in [0.5, 0.6) is 5.88 Å². The number of rotatable bonds is 7. The molecule has 28 heavy (non-hydrogen) atoms. The van der Waals surface area contributed by atoms with Crippen LogP contribution in [0.2, 0.25) is 0 Å². The van der Waals surface area contributed by atoms with Crippen molar-refractivity contribution < 1.29 is 4.74 Å². The molecular weight excluding hydrogens is 356 g/mol. The van der Waals surface area contributed by atoms with E-state index in [2.05, 4.69) is 41.2 Å². The molecule has 3 aromatic rings. The molecule has 0 bridgehead atoms. The molecule has 9 nitrogen and oxygen atoms in total. The van der Waals surface area contributed by atoms with Gasteiger partial charge in [-0.1, -0.05) is 0 Å². The van der Waals surface area contributed by atoms with Crippen LogP contribution >= 0.6 is 0 Å². The van der Waals surface area contributed by atoms with Gasteiger partial charge in [-0.05, 0) is 37.2 Å². The molecule has 0 unspecified atom stereocenters. The van der Waals surface area contributed by atoms with Crippen molar-refractivity contribution in [2.45, 2.75) is 19.4 Å². The first-order chi connectivity index (χ1) is 13.7. The van der Waals surface area contributed by atoms with Gasteiger partial charge in [-0.3, -0.25) is 4.90 Å². The quantitative estimate of drug-likeness (QED) is 0.635. The number of aromatic nitrogens is 5. The Bertz CT molecular complexity index is 943. The third-order valence-corrected chi connectivity index (χ3v) is 4.58. The number of likely N-dealkylation sites (tertiary alicyclic amines) is 1. The second-order valence-corrected chi connectivity index (χ2v) is 6.63. The van der Waals surface area contributed by atoms with Gasteiger partial charge in [0, 0.05) is 30.8 Å². The van der Waals surface area contributed by atoms with Crippen molar-refractivity contribution in [3.8, 4) is 5.88 Å². The predicted molar refractivity (Wildman–Crippen MR) is 105 cm³/mol. The Hall–Kier alpha value is -3.33. The summed E-state index contributed by atoms with van der Waals surface area (Å²) in [4.78, 5) is 23.6. The average Bonchev–Trinajstić information content (AvgIpc) is 2.67. The lowest BCUT2D eigenvalue weighted by atomic mass is 10.1. The Labute approximate surface area is 163 Å². The summed E-state index contributed by atoms with van der Waals surface area (Å²) in [6.07, 6.45) is 6.80. The van der Waals surface area contributed by atoms with E-state index in [-0.39, 0.29) is 5.95 Å². The van der Waals surface area contributed by atoms with Crippen molar-refractivity contribution in [3.05, 3.63) is 53.9 Å². The molecule has 0 radical (unpaired) electrons. The predicted octanol–water partition coefficient (Wildman–Crippen LogP) is 1.79. The van der Waals surface area contributed by atoms with E-state index in [1.807, 2.05) is 12.3 Å². The van der Waals surface area contributed by atoms with Gasteiger partial charge in [-0.2, -0.15) is 4.98 Å². The first-order valence-corrected chi connectivity index (χ1v) is 9.10. The summed E-state index contributed by atoms with van der Waals surface area (Å²) in [6, 6.07) is 5.84. The molecule has 1 aliphatic rings. The summed E-state index contributed by atoms with van der Waals surface area (Å²) < 4.78 is 5.11. The highest BCUT2D eigenvalue weighted by Gasteiger charge is 2.16. The number of hydrogen-bond donors (Lipinski definition) is 2. The largest absolute Gasteiger partial charge is 0.481 e. The van der Waals surface area contributed by atoms with Gasteiger partial charge in [0.1, 0.15) is 18.0 Å². The Morgan fingerprint density at radius 3 is 2.71 bits per heavy atom. The Morgan fingerprint density at radius 2 is 2.04 bits per heavy atom. The Morgan fingerprint density at radius 1 is 1.14 bits per heavy atom. The maximum absolute atomic E-state index is 5.70. The minimum absolute atomic E-state index is 0.212. The molecule has 0 spiro atoms. The fraction of sp³-hybridized carbons (Fsp3) is 0.316. The SMILES string of the molecule is COc1ccc(Nc2ncc(CN3CCC3)cc2Cc2ncnc(N)n2)cn1. The molecule has 9 heteroatoms. The second-order valence-electron chi connectivity index (χ2n) is 6.63. The standard InChI is InChI=1S/C19H22N8O/c1-28-17-4-3-15(10-21-17)25-18-14(8-16-23-12-24-19(20)26-16)7-13(9-22-18)11-27-5-2-6-27/h3-4,7,9-10,12H,2,5-6,8,11H2,1H3,(H,22,25)(H2,20,23,24,26). The second kappa shape index (κ2) is 8.13. The van der Waals surface area contributed by atoms with Gasteiger partial charge in [0.25, 0.3) is 0 Å². The van der Waals surface area contributed by atoms with Gasteiger partial charge in [0.15, 0.2) is 0 Å². The number of nitrogens with zero attached hydrogens (tertiary/aromatic N) is 6. The maximum atomic E-state index is 5.70. The number of anilines is 3. The molecule has 4 rings (SSSR count). The highest BCUT2D eigenvalue weighted by Crippen LogP contribution is 2.23. The molecule has 1 aliphatic heterocycles. The normalized spacial score (nSPS) is 13.8. The van der Waals surface area contributed by atoms with E-state index in [0.29, 0.717) is 18.1 Å². The summed E-state index contributed by atoms with van der Waals surface area (Å²) in [5.74, 6) is 2.11. The monoisotopic (exact) mass is 378 g/mol. The fourth-order valence-electron chi connectivity index (χ4n) is 3.00. The molecule has 0 aliphatic carbocycles. The van der Waals surface area contributed by atoms with E-state index in [9.17, 15) is 0 Å². The third-order valence-electron chi connectivity index (χ3n) is 4.58. The van der Waals surface area contributed by atoms with Crippen LogP contribution in [0.1, 0.15) is 23.4 Å². The van der Waals surface area contributed by atoms with E-state index in [1.165, 1.54) is 12.7 Å². The smallest absolute Gasteiger partial charge is 0.223 e. The highest BCUT2D eigenvalue weighted by molar-refractivity contribution is 5.59. The number of nitrogens with two attached hydrogens (primary N) is 1. The summed E-state index contributed by atoms with van der Waals surface area (Å²) in [5, 5.41) is 3.32. The zero-order valence-corrected chi connectivity index (χ0v) is 15.7. The van der Waals surface area contributed by atoms with Crippen LogP contribution < -0.4 is 15.8 Å². The number of methoxy groups -OCH3 is 1. The van der Waals surface area contributed by atoms with Crippen LogP contribution in [0.15, 0.2) is 36.9 Å². The fourth-order valence-corrected chi connectivity index (χ4v) is 3.00. The lowest BCUT2D eigenvalue weighted by Gasteiger charge is -2.30. The van der Waals surface area contributed by atoms with Gasteiger partial charge < -0.3 is 15.8 Å². The number of hydrogen-bond acceptors (Lipinski definition) is 9. The molecular formula is C19H22N8O. The highest BCUT2D eigenvalue weighted by atomic mass is 16.5. The first-order valence-electron chi connectivity index (χ1n) is 9.10. The van der Waals surface area contributed by atoms with Crippen LogP contribution in [0.25, 0.3) is 0 Å². The lowest BCUT2D eigenvalue weighted by molar-refractivity contribution is 0.172. The minimum Gasteiger partial charge on any atom is -0.481 e. The summed E-state index contributed by atoms with van der Waals surface area (Å²) in [5.41, 5.74) is 8.67. The zero-order chi connectivity index (χ0) is 19.3. The van der Waals surface area contributed by atoms with E-state index in [0.717, 1.165) is 42.3 Å². The van der Waals surface area contributed by atoms with E-state index in [1.54, 1.807) is 19.4 Å². The number of ether oxygens (including phenoxy) is 1. The molecule has 0 amide bonds. The van der Waals surface area contributed by atoms with Gasteiger partial charge in [0.2, 0.25) is 11.8 Å². The minimum atomic E-state index is 0.212. The van der Waals surface area contributed by atoms with Crippen molar-refractivity contribution in [1.82, 2.24) is 29.8 Å². The molecule has 144 valence electrons. The molecule has 1 saturated heterocycles. The van der Waals surface area contributed by atoms with E-state index < -0.39 is 0 Å². The zero-order valence-electron chi connectivity index (χ0n) is 15.7. The summed E-state index contributed by atoms with van der Waals surface area (Å²) in [6.45, 7) is 3.16. The number of pyridine rings is 2. The Kier molecular flexibility index (Phi) is 5.24. The molecule has 1 fully saturated rings. The summed E-state index contributed by atoms with van der Waals surface area (Å²) in [7, 11) is 1.59. The molecule has 4 heterocycles. The molecule has 0 saturated carbocycles. The maximum Gasteiger partial charge on any atom is 0.223 e. The van der Waals surface area contributed by atoms with Crippen molar-refractivity contribution in [2.24, 2.45) is 0 Å². The molecule has 3 aromatic heterocycles. The van der Waals surface area contributed by atoms with Gasteiger partial charge in [-0.25, -0.2) is 19.9 Å². The topological polar surface area (TPSA) is 115 Å². The van der Waals surface area contributed by atoms with Crippen LogP contribution in [-0.2, 0) is 13.0 Å². The van der Waals surface area contributed by atoms with Crippen molar-refractivity contribution >= 4 is 17.5 Å². The van der Waals surface area contributed by atoms with Gasteiger partial charge in [0.05, 0.1) is 19.0 Å². The van der Waals surface area contributed by atoms with Crippen LogP contribution in [-0.4, -0.2) is 50.0 Å². The van der Waals surface area contributed by atoms with Crippen molar-refractivity contribution in [1.29, 1.82) is 0 Å². The lowest BCUT2D eigenvalue weighted by Crippen LogP contribution is -2.36. The molecule has 0 atom stereocenters. The first kappa shape index (κ1) is 18.1. The number of nitrogens with one attached hydrogen (secondary N) is 1. The molecule has 0 aromatic carbocycles. The Balaban J connectivity index is 1.60. The average molecular weight is 378 g/mol. The van der Waals surface area contributed by atoms with E-state index in [4.69, 9.17) is 10.5 Å².